The molecule has 0 spiro atoms. The van der Waals surface area contributed by atoms with Crippen LogP contribution in [0.4, 0.5) is 0 Å². The fraction of sp³-hybridized carbons (Fsp3) is 0. The highest BCUT2D eigenvalue weighted by Crippen LogP contribution is 2.24. The molecule has 0 aliphatic heterocycles. The number of hydrogen-bond donors (Lipinski definition) is 0. The molecule has 0 radical (unpaired) electrons. The van der Waals surface area contributed by atoms with Crippen molar-refractivity contribution in [1.82, 2.24) is 4.98 Å². The van der Waals surface area contributed by atoms with Crippen LogP contribution in [0, 0.1) is 0 Å². The van der Waals surface area contributed by atoms with Crippen molar-refractivity contribution in [2.24, 2.45) is 0 Å². The first-order valence-electron chi connectivity index (χ1n) is 6.48. The lowest BCUT2D eigenvalue weighted by Crippen LogP contribution is -2.01. The molecule has 104 valence electrons. The molecule has 0 amide bonds. The van der Waals surface area contributed by atoms with Gasteiger partial charge in [0.1, 0.15) is 0 Å². The smallest absolute Gasteiger partial charge is 0.206 e. The Kier molecular flexibility index (Phi) is 3.54. The second-order valence-corrected chi connectivity index (χ2v) is 6.53. The summed E-state index contributed by atoms with van der Waals surface area (Å²) >= 11 is 0. The van der Waals surface area contributed by atoms with E-state index >= 15 is 0 Å². The summed E-state index contributed by atoms with van der Waals surface area (Å²) in [6, 6.07) is 19.1. The number of pyridine rings is 1. The van der Waals surface area contributed by atoms with Gasteiger partial charge in [-0.1, -0.05) is 30.3 Å². The summed E-state index contributed by atoms with van der Waals surface area (Å²) in [6.45, 7) is 0. The van der Waals surface area contributed by atoms with Gasteiger partial charge in [-0.2, -0.15) is 0 Å². The Morgan fingerprint density at radius 3 is 1.76 bits per heavy atom. The fourth-order valence-electron chi connectivity index (χ4n) is 2.11. The van der Waals surface area contributed by atoms with Crippen LogP contribution in [-0.4, -0.2) is 13.4 Å². The van der Waals surface area contributed by atoms with Gasteiger partial charge in [-0.05, 0) is 47.5 Å². The van der Waals surface area contributed by atoms with Crippen molar-refractivity contribution in [2.75, 3.05) is 0 Å². The normalized spacial score (nSPS) is 11.2. The Hall–Kier alpha value is -2.46. The van der Waals surface area contributed by atoms with Crippen LogP contribution in [0.25, 0.3) is 11.1 Å². The Bertz CT molecular complexity index is 827. The molecule has 0 unspecified atom stereocenters. The van der Waals surface area contributed by atoms with Crippen LogP contribution in [0.2, 0.25) is 0 Å². The topological polar surface area (TPSA) is 47.0 Å². The van der Waals surface area contributed by atoms with Crippen LogP contribution in [0.3, 0.4) is 0 Å². The number of aromatic nitrogens is 1. The van der Waals surface area contributed by atoms with E-state index in [9.17, 15) is 8.42 Å². The number of nitrogens with zero attached hydrogens (tertiary/aromatic N) is 1. The molecule has 3 aromatic rings. The maximum absolute atomic E-state index is 12.5. The van der Waals surface area contributed by atoms with Crippen LogP contribution in [0.5, 0.6) is 0 Å². The minimum atomic E-state index is -3.45. The SMILES string of the molecule is O=S(=O)(c1ccccc1)c1ccc(-c2ccncc2)cc1. The molecule has 4 heteroatoms. The maximum Gasteiger partial charge on any atom is 0.206 e. The number of hydrogen-bond acceptors (Lipinski definition) is 3. The van der Waals surface area contributed by atoms with E-state index in [1.54, 1.807) is 54.9 Å². The number of rotatable bonds is 3. The van der Waals surface area contributed by atoms with Gasteiger partial charge in [0.25, 0.3) is 0 Å². The molecular formula is C17H13NO2S. The van der Waals surface area contributed by atoms with Crippen molar-refractivity contribution in [3.63, 3.8) is 0 Å². The molecule has 2 aromatic carbocycles. The Morgan fingerprint density at radius 1 is 0.619 bits per heavy atom. The molecule has 0 N–H and O–H groups in total. The molecular weight excluding hydrogens is 282 g/mol. The molecule has 0 bridgehead atoms. The maximum atomic E-state index is 12.5. The van der Waals surface area contributed by atoms with Crippen molar-refractivity contribution >= 4 is 9.84 Å². The second-order valence-electron chi connectivity index (χ2n) is 4.58. The molecule has 21 heavy (non-hydrogen) atoms. The zero-order valence-corrected chi connectivity index (χ0v) is 12.0. The average Bonchev–Trinajstić information content (AvgIpc) is 2.57. The van der Waals surface area contributed by atoms with Gasteiger partial charge in [0.05, 0.1) is 9.79 Å². The third kappa shape index (κ3) is 2.71. The summed E-state index contributed by atoms with van der Waals surface area (Å²) in [5.41, 5.74) is 1.97. The monoisotopic (exact) mass is 295 g/mol. The molecule has 3 rings (SSSR count). The predicted molar refractivity (Wildman–Crippen MR) is 81.6 cm³/mol. The Balaban J connectivity index is 1.99. The summed E-state index contributed by atoms with van der Waals surface area (Å²) in [4.78, 5) is 4.58. The highest BCUT2D eigenvalue weighted by Gasteiger charge is 2.16. The molecule has 1 heterocycles. The van der Waals surface area contributed by atoms with Crippen molar-refractivity contribution in [2.45, 2.75) is 9.79 Å². The Morgan fingerprint density at radius 2 is 1.14 bits per heavy atom. The summed E-state index contributed by atoms with van der Waals surface area (Å²) < 4.78 is 24.9. The van der Waals surface area contributed by atoms with Gasteiger partial charge in [-0.15, -0.1) is 0 Å². The third-order valence-corrected chi connectivity index (χ3v) is 5.02. The molecule has 0 saturated heterocycles. The van der Waals surface area contributed by atoms with Gasteiger partial charge < -0.3 is 0 Å². The van der Waals surface area contributed by atoms with E-state index in [0.29, 0.717) is 9.79 Å². The summed E-state index contributed by atoms with van der Waals surface area (Å²) in [5.74, 6) is 0. The molecule has 0 atom stereocenters. The summed E-state index contributed by atoms with van der Waals surface area (Å²) in [7, 11) is -3.45. The van der Waals surface area contributed by atoms with Gasteiger partial charge in [0.15, 0.2) is 0 Å². The lowest BCUT2D eigenvalue weighted by Gasteiger charge is -2.06. The van der Waals surface area contributed by atoms with Crippen LogP contribution in [0.15, 0.2) is 88.9 Å². The summed E-state index contributed by atoms with van der Waals surface area (Å²) in [6.07, 6.45) is 3.42. The van der Waals surface area contributed by atoms with E-state index in [1.807, 2.05) is 24.3 Å². The lowest BCUT2D eigenvalue weighted by molar-refractivity contribution is 0.596. The van der Waals surface area contributed by atoms with Crippen molar-refractivity contribution in [3.8, 4) is 11.1 Å². The van der Waals surface area contributed by atoms with Crippen LogP contribution in [-0.2, 0) is 9.84 Å². The van der Waals surface area contributed by atoms with Crippen molar-refractivity contribution in [1.29, 1.82) is 0 Å². The van der Waals surface area contributed by atoms with Crippen molar-refractivity contribution < 1.29 is 8.42 Å². The van der Waals surface area contributed by atoms with E-state index in [0.717, 1.165) is 11.1 Å². The molecule has 1 aromatic heterocycles. The van der Waals surface area contributed by atoms with Crippen LogP contribution in [0.1, 0.15) is 0 Å². The quantitative estimate of drug-likeness (QED) is 0.742. The summed E-state index contributed by atoms with van der Waals surface area (Å²) in [5, 5.41) is 0. The third-order valence-electron chi connectivity index (χ3n) is 3.23. The van der Waals surface area contributed by atoms with Gasteiger partial charge in [-0.25, -0.2) is 8.42 Å². The highest BCUT2D eigenvalue weighted by molar-refractivity contribution is 7.91. The van der Waals surface area contributed by atoms with Crippen LogP contribution >= 0.6 is 0 Å². The van der Waals surface area contributed by atoms with E-state index in [4.69, 9.17) is 0 Å². The Labute approximate surface area is 123 Å². The first kappa shape index (κ1) is 13.5. The molecule has 0 aliphatic carbocycles. The van der Waals surface area contributed by atoms with E-state index in [2.05, 4.69) is 4.98 Å². The highest BCUT2D eigenvalue weighted by atomic mass is 32.2. The average molecular weight is 295 g/mol. The zero-order valence-electron chi connectivity index (χ0n) is 11.2. The molecule has 0 aliphatic rings. The number of benzene rings is 2. The zero-order chi connectivity index (χ0) is 14.7. The molecule has 0 saturated carbocycles. The van der Waals surface area contributed by atoms with Crippen molar-refractivity contribution in [3.05, 3.63) is 79.1 Å². The van der Waals surface area contributed by atoms with E-state index < -0.39 is 9.84 Å². The fourth-order valence-corrected chi connectivity index (χ4v) is 3.39. The van der Waals surface area contributed by atoms with Gasteiger partial charge >= 0.3 is 0 Å². The van der Waals surface area contributed by atoms with E-state index in [1.165, 1.54) is 0 Å². The predicted octanol–water partition coefficient (Wildman–Crippen LogP) is 3.58. The first-order chi connectivity index (χ1) is 10.2. The molecule has 3 nitrogen and oxygen atoms in total. The van der Waals surface area contributed by atoms with Crippen LogP contribution < -0.4 is 0 Å². The minimum absolute atomic E-state index is 0.298. The largest absolute Gasteiger partial charge is 0.265 e. The standard InChI is InChI=1S/C17H13NO2S/c19-21(20,16-4-2-1-3-5-16)17-8-6-14(7-9-17)15-10-12-18-13-11-15/h1-13H. The lowest BCUT2D eigenvalue weighted by atomic mass is 10.1. The van der Waals surface area contributed by atoms with Gasteiger partial charge in [0.2, 0.25) is 9.84 Å². The van der Waals surface area contributed by atoms with E-state index in [-0.39, 0.29) is 0 Å². The van der Waals surface area contributed by atoms with Gasteiger partial charge in [-0.3, -0.25) is 4.98 Å². The molecule has 0 fully saturated rings. The first-order valence-corrected chi connectivity index (χ1v) is 7.97. The minimum Gasteiger partial charge on any atom is -0.265 e. The van der Waals surface area contributed by atoms with Gasteiger partial charge in [0, 0.05) is 12.4 Å². The number of sulfone groups is 1. The second kappa shape index (κ2) is 5.50.